The first-order chi connectivity index (χ1) is 11.2. The quantitative estimate of drug-likeness (QED) is 0.798. The van der Waals surface area contributed by atoms with Crippen molar-refractivity contribution in [1.82, 2.24) is 20.1 Å². The topological polar surface area (TPSA) is 68.7 Å². The van der Waals surface area contributed by atoms with Gasteiger partial charge in [-0.1, -0.05) is 13.0 Å². The number of aromatic nitrogens is 1. The maximum Gasteiger partial charge on any atom is 0.317 e. The summed E-state index contributed by atoms with van der Waals surface area (Å²) < 4.78 is 0. The van der Waals surface area contributed by atoms with Gasteiger partial charge in [0, 0.05) is 45.0 Å². The van der Waals surface area contributed by atoms with E-state index in [1.807, 2.05) is 31.3 Å². The molecule has 1 saturated heterocycles. The first kappa shape index (κ1) is 17.7. The van der Waals surface area contributed by atoms with E-state index in [0.717, 1.165) is 44.6 Å². The number of hydrogen-bond acceptors (Lipinski definition) is 4. The fourth-order valence-electron chi connectivity index (χ4n) is 2.93. The number of rotatable bonds is 7. The molecule has 0 aromatic carbocycles. The number of amides is 2. The van der Waals surface area contributed by atoms with Crippen LogP contribution < -0.4 is 5.32 Å². The normalized spacial score (nSPS) is 16.3. The second-order valence-electron chi connectivity index (χ2n) is 6.03. The van der Waals surface area contributed by atoms with E-state index >= 15 is 0 Å². The van der Waals surface area contributed by atoms with Gasteiger partial charge in [0.15, 0.2) is 0 Å². The zero-order valence-corrected chi connectivity index (χ0v) is 13.9. The van der Waals surface area contributed by atoms with E-state index in [0.29, 0.717) is 13.1 Å². The number of hydrogen-bond donors (Lipinski definition) is 2. The lowest BCUT2D eigenvalue weighted by Gasteiger charge is -2.33. The molecule has 0 aliphatic carbocycles. The van der Waals surface area contributed by atoms with Gasteiger partial charge < -0.3 is 15.3 Å². The van der Waals surface area contributed by atoms with Crippen molar-refractivity contribution in [3.05, 3.63) is 30.1 Å². The molecule has 0 spiro atoms. The fourth-order valence-corrected chi connectivity index (χ4v) is 2.93. The number of nitrogens with one attached hydrogen (secondary N) is 1. The summed E-state index contributed by atoms with van der Waals surface area (Å²) in [5.74, 6) is 0. The lowest BCUT2D eigenvalue weighted by molar-refractivity contribution is 0.158. The van der Waals surface area contributed by atoms with Crippen molar-refractivity contribution in [2.24, 2.45) is 0 Å². The third-order valence-electron chi connectivity index (χ3n) is 4.18. The number of aliphatic hydroxyl groups excluding tert-OH is 1. The molecule has 1 aliphatic rings. The van der Waals surface area contributed by atoms with Crippen LogP contribution in [-0.2, 0) is 6.54 Å². The summed E-state index contributed by atoms with van der Waals surface area (Å²) in [5, 5.41) is 12.2. The maximum atomic E-state index is 12.2. The molecule has 0 unspecified atom stereocenters. The smallest absolute Gasteiger partial charge is 0.317 e. The third kappa shape index (κ3) is 5.80. The SMILES string of the molecule is CCCN(CCO)C(=O)NC1CCN(Cc2ccccn2)CC1. The van der Waals surface area contributed by atoms with E-state index in [2.05, 4.69) is 15.2 Å². The minimum absolute atomic E-state index is 0.00986. The second-order valence-corrected chi connectivity index (χ2v) is 6.03. The molecule has 6 nitrogen and oxygen atoms in total. The van der Waals surface area contributed by atoms with Crippen molar-refractivity contribution in [2.75, 3.05) is 32.8 Å². The zero-order chi connectivity index (χ0) is 16.5. The van der Waals surface area contributed by atoms with Gasteiger partial charge in [-0.2, -0.15) is 0 Å². The average Bonchev–Trinajstić information content (AvgIpc) is 2.57. The molecule has 23 heavy (non-hydrogen) atoms. The Morgan fingerprint density at radius 3 is 2.78 bits per heavy atom. The van der Waals surface area contributed by atoms with Crippen molar-refractivity contribution < 1.29 is 9.90 Å². The number of pyridine rings is 1. The standard InChI is InChI=1S/C17H28N4O2/c1-2-9-21(12-13-22)17(23)19-15-6-10-20(11-7-15)14-16-5-3-4-8-18-16/h3-5,8,15,22H,2,6-7,9-14H2,1H3,(H,19,23). The minimum Gasteiger partial charge on any atom is -0.395 e. The molecule has 0 atom stereocenters. The molecular formula is C17H28N4O2. The van der Waals surface area contributed by atoms with Crippen LogP contribution in [0.5, 0.6) is 0 Å². The monoisotopic (exact) mass is 320 g/mol. The summed E-state index contributed by atoms with van der Waals surface area (Å²) in [6.45, 7) is 5.94. The van der Waals surface area contributed by atoms with Gasteiger partial charge in [-0.15, -0.1) is 0 Å². The molecule has 0 radical (unpaired) electrons. The Bertz CT molecular complexity index is 455. The molecule has 128 valence electrons. The highest BCUT2D eigenvalue weighted by atomic mass is 16.3. The van der Waals surface area contributed by atoms with Crippen LogP contribution in [0.2, 0.25) is 0 Å². The van der Waals surface area contributed by atoms with E-state index in [9.17, 15) is 4.79 Å². The third-order valence-corrected chi connectivity index (χ3v) is 4.18. The molecule has 2 amide bonds. The Labute approximate surface area is 138 Å². The Kier molecular flexibility index (Phi) is 7.29. The van der Waals surface area contributed by atoms with Gasteiger partial charge in [-0.25, -0.2) is 4.79 Å². The van der Waals surface area contributed by atoms with E-state index in [4.69, 9.17) is 5.11 Å². The molecule has 1 aliphatic heterocycles. The molecule has 2 heterocycles. The van der Waals surface area contributed by atoms with Crippen molar-refractivity contribution in [3.63, 3.8) is 0 Å². The lowest BCUT2D eigenvalue weighted by atomic mass is 10.0. The van der Waals surface area contributed by atoms with Gasteiger partial charge in [-0.05, 0) is 31.4 Å². The summed E-state index contributed by atoms with van der Waals surface area (Å²) >= 11 is 0. The molecular weight excluding hydrogens is 292 g/mol. The van der Waals surface area contributed by atoms with Crippen LogP contribution in [0, 0.1) is 0 Å². The van der Waals surface area contributed by atoms with E-state index < -0.39 is 0 Å². The van der Waals surface area contributed by atoms with Gasteiger partial charge in [0.25, 0.3) is 0 Å². The zero-order valence-electron chi connectivity index (χ0n) is 13.9. The molecule has 1 aromatic heterocycles. The van der Waals surface area contributed by atoms with Crippen LogP contribution in [-0.4, -0.2) is 64.7 Å². The van der Waals surface area contributed by atoms with Gasteiger partial charge in [0.1, 0.15) is 0 Å². The largest absolute Gasteiger partial charge is 0.395 e. The molecule has 1 aromatic rings. The van der Waals surface area contributed by atoms with Gasteiger partial charge in [0.05, 0.1) is 12.3 Å². The molecule has 0 bridgehead atoms. The number of aliphatic hydroxyl groups is 1. The minimum atomic E-state index is -0.0518. The van der Waals surface area contributed by atoms with Crippen molar-refractivity contribution in [2.45, 2.75) is 38.8 Å². The first-order valence-electron chi connectivity index (χ1n) is 8.51. The Morgan fingerprint density at radius 2 is 2.17 bits per heavy atom. The van der Waals surface area contributed by atoms with Crippen LogP contribution in [0.4, 0.5) is 4.79 Å². The molecule has 6 heteroatoms. The average molecular weight is 320 g/mol. The summed E-state index contributed by atoms with van der Waals surface area (Å²) in [4.78, 5) is 20.7. The van der Waals surface area contributed by atoms with Crippen molar-refractivity contribution in [1.29, 1.82) is 0 Å². The predicted octanol–water partition coefficient (Wildman–Crippen LogP) is 1.46. The summed E-state index contributed by atoms with van der Waals surface area (Å²) in [6, 6.07) is 6.16. The highest BCUT2D eigenvalue weighted by molar-refractivity contribution is 5.74. The number of likely N-dealkylation sites (tertiary alicyclic amines) is 1. The number of piperidine rings is 1. The lowest BCUT2D eigenvalue weighted by Crippen LogP contribution is -2.49. The number of carbonyl (C=O) groups is 1. The van der Waals surface area contributed by atoms with Crippen molar-refractivity contribution in [3.8, 4) is 0 Å². The Hall–Kier alpha value is -1.66. The molecule has 2 N–H and O–H groups in total. The molecule has 0 saturated carbocycles. The highest BCUT2D eigenvalue weighted by Gasteiger charge is 2.22. The van der Waals surface area contributed by atoms with Crippen LogP contribution >= 0.6 is 0 Å². The molecule has 1 fully saturated rings. The van der Waals surface area contributed by atoms with Crippen LogP contribution in [0.3, 0.4) is 0 Å². The van der Waals surface area contributed by atoms with Gasteiger partial charge in [0.2, 0.25) is 0 Å². The summed E-state index contributed by atoms with van der Waals surface area (Å²) in [5.41, 5.74) is 1.09. The van der Waals surface area contributed by atoms with E-state index in [1.54, 1.807) is 4.90 Å². The van der Waals surface area contributed by atoms with Crippen LogP contribution in [0.25, 0.3) is 0 Å². The maximum absolute atomic E-state index is 12.2. The number of nitrogens with zero attached hydrogens (tertiary/aromatic N) is 3. The van der Waals surface area contributed by atoms with Crippen molar-refractivity contribution >= 4 is 6.03 Å². The fraction of sp³-hybridized carbons (Fsp3) is 0.647. The first-order valence-corrected chi connectivity index (χ1v) is 8.51. The Morgan fingerprint density at radius 1 is 1.39 bits per heavy atom. The van der Waals surface area contributed by atoms with Gasteiger partial charge >= 0.3 is 6.03 Å². The van der Waals surface area contributed by atoms with Crippen LogP contribution in [0.1, 0.15) is 31.9 Å². The number of carbonyl (C=O) groups excluding carboxylic acids is 1. The second kappa shape index (κ2) is 9.47. The summed E-state index contributed by atoms with van der Waals surface area (Å²) in [6.07, 6.45) is 4.64. The van der Waals surface area contributed by atoms with E-state index in [1.165, 1.54) is 0 Å². The predicted molar refractivity (Wildman–Crippen MR) is 90.0 cm³/mol. The Balaban J connectivity index is 1.74. The number of urea groups is 1. The van der Waals surface area contributed by atoms with Crippen LogP contribution in [0.15, 0.2) is 24.4 Å². The van der Waals surface area contributed by atoms with Gasteiger partial charge in [-0.3, -0.25) is 9.88 Å². The highest BCUT2D eigenvalue weighted by Crippen LogP contribution is 2.13. The summed E-state index contributed by atoms with van der Waals surface area (Å²) in [7, 11) is 0. The molecule has 2 rings (SSSR count). The van der Waals surface area contributed by atoms with E-state index in [-0.39, 0.29) is 18.7 Å².